The van der Waals surface area contributed by atoms with Crippen molar-refractivity contribution in [1.29, 1.82) is 0 Å². The van der Waals surface area contributed by atoms with Gasteiger partial charge in [-0.05, 0) is 42.9 Å². The third-order valence-electron chi connectivity index (χ3n) is 7.30. The van der Waals surface area contributed by atoms with Crippen molar-refractivity contribution in [2.75, 3.05) is 25.5 Å². The van der Waals surface area contributed by atoms with Crippen LogP contribution in [0, 0.1) is 5.92 Å². The Hall–Kier alpha value is -3.80. The molecule has 12 heteroatoms. The molecular weight excluding hydrogens is 498 g/mol. The topological polar surface area (TPSA) is 131 Å². The second kappa shape index (κ2) is 8.10. The Labute approximate surface area is 212 Å². The van der Waals surface area contributed by atoms with Crippen molar-refractivity contribution in [1.82, 2.24) is 19.9 Å². The fourth-order valence-corrected chi connectivity index (χ4v) is 6.51. The molecule has 2 saturated carbocycles. The van der Waals surface area contributed by atoms with Gasteiger partial charge >= 0.3 is 0 Å². The molecule has 37 heavy (non-hydrogen) atoms. The van der Waals surface area contributed by atoms with Gasteiger partial charge < -0.3 is 18.7 Å². The van der Waals surface area contributed by atoms with E-state index in [1.807, 2.05) is 23.0 Å². The average Bonchev–Trinajstić information content (AvgIpc) is 3.81. The van der Waals surface area contributed by atoms with Gasteiger partial charge in [-0.2, -0.15) is 5.10 Å². The maximum Gasteiger partial charge on any atom is 0.272 e. The van der Waals surface area contributed by atoms with Crippen LogP contribution in [0.25, 0.3) is 11.0 Å². The molecule has 1 N–H and O–H groups in total. The number of fused-ring (bicyclic) bond motifs is 5. The number of ether oxygens (including phenoxy) is 3. The molecule has 4 heterocycles. The van der Waals surface area contributed by atoms with E-state index in [0.717, 1.165) is 36.1 Å². The average molecular weight is 524 g/mol. The Balaban J connectivity index is 1.32. The summed E-state index contributed by atoms with van der Waals surface area (Å²) in [5, 5.41) is 8.91. The van der Waals surface area contributed by atoms with Gasteiger partial charge in [0, 0.05) is 35.9 Å². The quantitative estimate of drug-likeness (QED) is 0.368. The smallest absolute Gasteiger partial charge is 0.272 e. The molecule has 1 aromatic carbocycles. The molecule has 11 nitrogen and oxygen atoms in total. The van der Waals surface area contributed by atoms with Crippen LogP contribution in [-0.4, -0.2) is 49.2 Å². The molecule has 4 aromatic rings. The van der Waals surface area contributed by atoms with Gasteiger partial charge in [-0.3, -0.25) is 9.40 Å². The third-order valence-corrected chi connectivity index (χ3v) is 8.68. The summed E-state index contributed by atoms with van der Waals surface area (Å²) in [5.41, 5.74) is 3.27. The molecule has 3 aliphatic rings. The van der Waals surface area contributed by atoms with E-state index in [1.165, 1.54) is 14.2 Å². The molecule has 1 aliphatic heterocycles. The molecule has 3 aromatic heterocycles. The number of hydrogen-bond acceptors (Lipinski definition) is 9. The number of hydrogen-bond donors (Lipinski definition) is 1. The number of methoxy groups -OCH3 is 2. The molecule has 2 fully saturated rings. The van der Waals surface area contributed by atoms with Crippen molar-refractivity contribution in [3.8, 4) is 17.4 Å². The first kappa shape index (κ1) is 22.4. The van der Waals surface area contributed by atoms with Crippen LogP contribution in [0.4, 0.5) is 5.82 Å². The summed E-state index contributed by atoms with van der Waals surface area (Å²) >= 11 is 0. The lowest BCUT2D eigenvalue weighted by Gasteiger charge is -2.21. The molecule has 2 atom stereocenters. The number of nitrogens with one attached hydrogen (secondary N) is 1. The summed E-state index contributed by atoms with van der Waals surface area (Å²) in [6, 6.07) is 5.44. The normalized spacial score (nSPS) is 20.2. The Morgan fingerprint density at radius 3 is 2.81 bits per heavy atom. The summed E-state index contributed by atoms with van der Waals surface area (Å²) in [6.07, 6.45) is 6.67. The molecule has 7 rings (SSSR count). The fraction of sp³-hybridized carbons (Fsp3) is 0.400. The number of rotatable bonds is 8. The summed E-state index contributed by atoms with van der Waals surface area (Å²) in [6.45, 7) is 1.12. The first-order chi connectivity index (χ1) is 18.0. The lowest BCUT2D eigenvalue weighted by atomic mass is 9.96. The predicted octanol–water partition coefficient (Wildman–Crippen LogP) is 3.66. The highest BCUT2D eigenvalue weighted by atomic mass is 32.2. The number of pyridine rings is 1. The van der Waals surface area contributed by atoms with Gasteiger partial charge in [0.25, 0.3) is 10.0 Å². The minimum Gasteiger partial charge on any atom is -0.495 e. The molecule has 192 valence electrons. The fourth-order valence-electron chi connectivity index (χ4n) is 5.25. The highest BCUT2D eigenvalue weighted by molar-refractivity contribution is 7.93. The monoisotopic (exact) mass is 523 g/mol. The number of sulfonamides is 1. The van der Waals surface area contributed by atoms with Crippen molar-refractivity contribution in [3.05, 3.63) is 47.4 Å². The largest absolute Gasteiger partial charge is 0.495 e. The van der Waals surface area contributed by atoms with Gasteiger partial charge in [0.15, 0.2) is 16.3 Å². The molecular formula is C25H25N5O6S. The SMILES string of the molecule is COc1cc(C2CC2)nc(OC)c1S(=O)(=O)Nc1noc2cc(Cn3cccn3)c3c(c12)OCC1CC31. The van der Waals surface area contributed by atoms with Gasteiger partial charge in [-0.1, -0.05) is 5.16 Å². The third kappa shape index (κ3) is 3.69. The van der Waals surface area contributed by atoms with E-state index in [-0.39, 0.29) is 28.3 Å². The van der Waals surface area contributed by atoms with Gasteiger partial charge in [0.2, 0.25) is 5.88 Å². The molecule has 2 aliphatic carbocycles. The van der Waals surface area contributed by atoms with Crippen molar-refractivity contribution in [3.63, 3.8) is 0 Å². The van der Waals surface area contributed by atoms with E-state index in [4.69, 9.17) is 18.7 Å². The molecule has 0 amide bonds. The first-order valence-electron chi connectivity index (χ1n) is 12.2. The summed E-state index contributed by atoms with van der Waals surface area (Å²) in [5.74, 6) is 1.91. The highest BCUT2D eigenvalue weighted by Gasteiger charge is 2.46. The van der Waals surface area contributed by atoms with Gasteiger partial charge in [0.1, 0.15) is 16.9 Å². The Morgan fingerprint density at radius 2 is 2.08 bits per heavy atom. The summed E-state index contributed by atoms with van der Waals surface area (Å²) in [4.78, 5) is 4.26. The van der Waals surface area contributed by atoms with Crippen molar-refractivity contribution in [2.45, 2.75) is 42.5 Å². The molecule has 0 bridgehead atoms. The number of aromatic nitrogens is 4. The first-order valence-corrected chi connectivity index (χ1v) is 13.7. The maximum absolute atomic E-state index is 13.7. The van der Waals surface area contributed by atoms with Crippen molar-refractivity contribution in [2.24, 2.45) is 5.92 Å². The number of benzene rings is 1. The second-order valence-corrected chi connectivity index (χ2v) is 11.4. The van der Waals surface area contributed by atoms with E-state index >= 15 is 0 Å². The van der Waals surface area contributed by atoms with Crippen LogP contribution < -0.4 is 18.9 Å². The van der Waals surface area contributed by atoms with Gasteiger partial charge in [0.05, 0.1) is 33.1 Å². The van der Waals surface area contributed by atoms with Crippen LogP contribution in [0.2, 0.25) is 0 Å². The zero-order valence-electron chi connectivity index (χ0n) is 20.3. The Morgan fingerprint density at radius 1 is 1.22 bits per heavy atom. The van der Waals surface area contributed by atoms with Crippen LogP contribution in [0.5, 0.6) is 17.4 Å². The van der Waals surface area contributed by atoms with E-state index < -0.39 is 10.0 Å². The van der Waals surface area contributed by atoms with Crippen molar-refractivity contribution >= 4 is 26.8 Å². The lowest BCUT2D eigenvalue weighted by molar-refractivity contribution is 0.282. The van der Waals surface area contributed by atoms with E-state index in [1.54, 1.807) is 12.3 Å². The highest BCUT2D eigenvalue weighted by Crippen LogP contribution is 2.57. The van der Waals surface area contributed by atoms with Crippen LogP contribution in [0.15, 0.2) is 40.0 Å². The summed E-state index contributed by atoms with van der Waals surface area (Å²) < 4.78 is 54.4. The van der Waals surface area contributed by atoms with E-state index in [0.29, 0.717) is 41.7 Å². The van der Waals surface area contributed by atoms with Crippen LogP contribution in [-0.2, 0) is 16.6 Å². The Kier molecular flexibility index (Phi) is 4.91. The second-order valence-electron chi connectivity index (χ2n) is 9.77. The van der Waals surface area contributed by atoms with Gasteiger partial charge in [-0.15, -0.1) is 0 Å². The summed E-state index contributed by atoms with van der Waals surface area (Å²) in [7, 11) is -1.40. The molecule has 2 unspecified atom stereocenters. The minimum absolute atomic E-state index is 0.0258. The predicted molar refractivity (Wildman–Crippen MR) is 132 cm³/mol. The van der Waals surface area contributed by atoms with Crippen molar-refractivity contribution < 1.29 is 27.2 Å². The molecule has 0 radical (unpaired) electrons. The van der Waals surface area contributed by atoms with Crippen LogP contribution in [0.3, 0.4) is 0 Å². The Bertz CT molecular complexity index is 1600. The van der Waals surface area contributed by atoms with Crippen LogP contribution in [0.1, 0.15) is 47.9 Å². The van der Waals surface area contributed by atoms with E-state index in [9.17, 15) is 8.42 Å². The number of anilines is 1. The van der Waals surface area contributed by atoms with Crippen LogP contribution >= 0.6 is 0 Å². The maximum atomic E-state index is 13.7. The zero-order valence-corrected chi connectivity index (χ0v) is 21.1. The van der Waals surface area contributed by atoms with Gasteiger partial charge in [-0.25, -0.2) is 13.4 Å². The molecule has 0 saturated heterocycles. The number of nitrogens with zero attached hydrogens (tertiary/aromatic N) is 4. The molecule has 0 spiro atoms. The van der Waals surface area contributed by atoms with E-state index in [2.05, 4.69) is 20.0 Å². The standard InChI is InChI=1S/C25H25N5O6S/c1-33-19-10-17(13-4-5-13)27-25(34-2)23(19)37(31,32)29-24-21-18(36-28-24)9-14(11-30-7-3-6-26-30)20-16-8-15(16)12-35-22(20)21/h3,6-7,9-10,13,15-16H,4-5,8,11-12H2,1-2H3,(H,28,29). The zero-order chi connectivity index (χ0) is 25.3. The minimum atomic E-state index is -4.22. The lowest BCUT2D eigenvalue weighted by Crippen LogP contribution is -2.17.